The number of carbonyl (C=O) groups excluding carboxylic acids is 1. The Morgan fingerprint density at radius 1 is 1.47 bits per heavy atom. The molecule has 0 aliphatic carbocycles. The molecule has 1 aromatic heterocycles. The van der Waals surface area contributed by atoms with Gasteiger partial charge in [-0.05, 0) is 37.4 Å². The summed E-state index contributed by atoms with van der Waals surface area (Å²) in [5.74, 6) is 0.362. The Labute approximate surface area is 99.7 Å². The quantitative estimate of drug-likeness (QED) is 0.839. The highest BCUT2D eigenvalue weighted by Crippen LogP contribution is 2.17. The molecule has 1 aliphatic rings. The molecule has 2 N–H and O–H groups in total. The van der Waals surface area contributed by atoms with E-state index in [0.717, 1.165) is 31.6 Å². The average Bonchev–Trinajstić information content (AvgIpc) is 2.72. The largest absolute Gasteiger partial charge is 0.325 e. The van der Waals surface area contributed by atoms with Crippen LogP contribution in [0.2, 0.25) is 0 Å². The van der Waals surface area contributed by atoms with E-state index in [1.54, 1.807) is 11.3 Å². The van der Waals surface area contributed by atoms with Gasteiger partial charge in [-0.2, -0.15) is 11.3 Å². The smallest absolute Gasteiger partial charge is 0.227 e. The van der Waals surface area contributed by atoms with Crippen molar-refractivity contribution in [1.29, 1.82) is 0 Å². The maximum Gasteiger partial charge on any atom is 0.227 e. The minimum atomic E-state index is 0. The highest BCUT2D eigenvalue weighted by atomic mass is 35.5. The van der Waals surface area contributed by atoms with E-state index in [9.17, 15) is 4.79 Å². The third kappa shape index (κ3) is 3.48. The number of rotatable bonds is 2. The van der Waals surface area contributed by atoms with Crippen LogP contribution in [0.3, 0.4) is 0 Å². The monoisotopic (exact) mass is 246 g/mol. The maximum absolute atomic E-state index is 11.7. The van der Waals surface area contributed by atoms with Gasteiger partial charge in [0.1, 0.15) is 0 Å². The number of amides is 1. The number of carbonyl (C=O) groups is 1. The Hall–Kier alpha value is -0.580. The zero-order chi connectivity index (χ0) is 9.80. The van der Waals surface area contributed by atoms with Crippen molar-refractivity contribution in [2.45, 2.75) is 12.8 Å². The fourth-order valence-corrected chi connectivity index (χ4v) is 2.25. The lowest BCUT2D eigenvalue weighted by molar-refractivity contribution is -0.120. The van der Waals surface area contributed by atoms with Crippen LogP contribution in [0.4, 0.5) is 5.69 Å². The zero-order valence-electron chi connectivity index (χ0n) is 8.36. The molecule has 1 aromatic rings. The predicted molar refractivity (Wildman–Crippen MR) is 65.8 cm³/mol. The summed E-state index contributed by atoms with van der Waals surface area (Å²) in [4.78, 5) is 11.7. The van der Waals surface area contributed by atoms with Crippen LogP contribution in [-0.2, 0) is 4.79 Å². The first-order valence-electron chi connectivity index (χ1n) is 4.90. The summed E-state index contributed by atoms with van der Waals surface area (Å²) in [5.41, 5.74) is 0.929. The summed E-state index contributed by atoms with van der Waals surface area (Å²) in [6, 6.07) is 1.93. The van der Waals surface area contributed by atoms with Crippen molar-refractivity contribution in [1.82, 2.24) is 5.32 Å². The minimum absolute atomic E-state index is 0. The second-order valence-electron chi connectivity index (χ2n) is 3.53. The lowest BCUT2D eigenvalue weighted by Gasteiger charge is -2.21. The second-order valence-corrected chi connectivity index (χ2v) is 4.31. The van der Waals surface area contributed by atoms with Gasteiger partial charge in [0.25, 0.3) is 0 Å². The van der Waals surface area contributed by atoms with E-state index in [0.29, 0.717) is 0 Å². The van der Waals surface area contributed by atoms with Crippen LogP contribution < -0.4 is 10.6 Å². The fraction of sp³-hybridized carbons (Fsp3) is 0.500. The van der Waals surface area contributed by atoms with Gasteiger partial charge < -0.3 is 10.6 Å². The van der Waals surface area contributed by atoms with Crippen molar-refractivity contribution in [3.8, 4) is 0 Å². The number of thiophene rings is 1. The van der Waals surface area contributed by atoms with E-state index in [4.69, 9.17) is 0 Å². The molecule has 2 heterocycles. The van der Waals surface area contributed by atoms with Crippen molar-refractivity contribution >= 4 is 35.3 Å². The van der Waals surface area contributed by atoms with Gasteiger partial charge in [-0.1, -0.05) is 0 Å². The normalized spacial score (nSPS) is 16.8. The van der Waals surface area contributed by atoms with Gasteiger partial charge in [0.05, 0.1) is 5.69 Å². The summed E-state index contributed by atoms with van der Waals surface area (Å²) in [6.45, 7) is 1.92. The Bertz CT molecular complexity index is 296. The van der Waals surface area contributed by atoms with Crippen LogP contribution in [0.25, 0.3) is 0 Å². The van der Waals surface area contributed by atoms with Crippen molar-refractivity contribution < 1.29 is 4.79 Å². The summed E-state index contributed by atoms with van der Waals surface area (Å²) in [7, 11) is 0. The van der Waals surface area contributed by atoms with Gasteiger partial charge in [-0.3, -0.25) is 4.79 Å². The van der Waals surface area contributed by atoms with Crippen LogP contribution in [0.1, 0.15) is 12.8 Å². The number of anilines is 1. The molecular weight excluding hydrogens is 232 g/mol. The first-order chi connectivity index (χ1) is 6.86. The van der Waals surface area contributed by atoms with Gasteiger partial charge >= 0.3 is 0 Å². The lowest BCUT2D eigenvalue weighted by Crippen LogP contribution is -2.34. The van der Waals surface area contributed by atoms with Crippen molar-refractivity contribution in [2.75, 3.05) is 18.4 Å². The van der Waals surface area contributed by atoms with Gasteiger partial charge in [0.15, 0.2) is 0 Å². The molecule has 0 atom stereocenters. The number of hydrogen-bond acceptors (Lipinski definition) is 3. The van der Waals surface area contributed by atoms with E-state index in [-0.39, 0.29) is 24.2 Å². The number of nitrogens with one attached hydrogen (secondary N) is 2. The lowest BCUT2D eigenvalue weighted by atomic mass is 9.97. The van der Waals surface area contributed by atoms with Gasteiger partial charge in [-0.15, -0.1) is 12.4 Å². The zero-order valence-corrected chi connectivity index (χ0v) is 10.00. The highest BCUT2D eigenvalue weighted by Gasteiger charge is 2.20. The Morgan fingerprint density at radius 2 is 2.20 bits per heavy atom. The van der Waals surface area contributed by atoms with Crippen molar-refractivity contribution in [3.63, 3.8) is 0 Å². The molecule has 1 fully saturated rings. The molecule has 15 heavy (non-hydrogen) atoms. The molecular formula is C10H15ClN2OS. The molecule has 0 bridgehead atoms. The molecule has 0 aromatic carbocycles. The van der Waals surface area contributed by atoms with Crippen LogP contribution in [0, 0.1) is 5.92 Å². The number of halogens is 1. The summed E-state index contributed by atoms with van der Waals surface area (Å²) in [6.07, 6.45) is 1.91. The first kappa shape index (κ1) is 12.5. The van der Waals surface area contributed by atoms with Crippen LogP contribution in [0.15, 0.2) is 16.8 Å². The summed E-state index contributed by atoms with van der Waals surface area (Å²) >= 11 is 1.60. The fourth-order valence-electron chi connectivity index (χ4n) is 1.66. The molecule has 1 aliphatic heterocycles. The molecule has 5 heteroatoms. The highest BCUT2D eigenvalue weighted by molar-refractivity contribution is 7.08. The van der Waals surface area contributed by atoms with E-state index in [1.165, 1.54) is 0 Å². The molecule has 0 radical (unpaired) electrons. The van der Waals surface area contributed by atoms with Gasteiger partial charge in [0, 0.05) is 11.3 Å². The molecule has 1 saturated heterocycles. The molecule has 1 amide bonds. The summed E-state index contributed by atoms with van der Waals surface area (Å²) < 4.78 is 0. The number of piperidine rings is 1. The number of hydrogen-bond donors (Lipinski definition) is 2. The van der Waals surface area contributed by atoms with Crippen molar-refractivity contribution in [3.05, 3.63) is 16.8 Å². The topological polar surface area (TPSA) is 41.1 Å². The van der Waals surface area contributed by atoms with Crippen LogP contribution in [0.5, 0.6) is 0 Å². The SMILES string of the molecule is Cl.O=C(Nc1ccsc1)C1CCNCC1. The molecule has 84 valence electrons. The van der Waals surface area contributed by atoms with E-state index in [2.05, 4.69) is 10.6 Å². The van der Waals surface area contributed by atoms with Crippen molar-refractivity contribution in [2.24, 2.45) is 5.92 Å². The molecule has 0 spiro atoms. The molecule has 0 unspecified atom stereocenters. The Morgan fingerprint density at radius 3 is 2.80 bits per heavy atom. The average molecular weight is 247 g/mol. The standard InChI is InChI=1S/C10H14N2OS.ClH/c13-10(8-1-4-11-5-2-8)12-9-3-6-14-7-9;/h3,6-8,11H,1-2,4-5H2,(H,12,13);1H. The molecule has 2 rings (SSSR count). The third-order valence-corrected chi connectivity index (χ3v) is 3.18. The van der Waals surface area contributed by atoms with Crippen LogP contribution >= 0.6 is 23.7 Å². The second kappa shape index (κ2) is 6.10. The first-order valence-corrected chi connectivity index (χ1v) is 5.84. The maximum atomic E-state index is 11.7. The molecule has 3 nitrogen and oxygen atoms in total. The van der Waals surface area contributed by atoms with Gasteiger partial charge in [0.2, 0.25) is 5.91 Å². The minimum Gasteiger partial charge on any atom is -0.325 e. The molecule has 0 saturated carbocycles. The van der Waals surface area contributed by atoms with E-state index < -0.39 is 0 Å². The van der Waals surface area contributed by atoms with Gasteiger partial charge in [-0.25, -0.2) is 0 Å². The van der Waals surface area contributed by atoms with Crippen LogP contribution in [-0.4, -0.2) is 19.0 Å². The Kier molecular flexibility index (Phi) is 5.08. The Balaban J connectivity index is 0.00000112. The third-order valence-electron chi connectivity index (χ3n) is 2.50. The predicted octanol–water partition coefficient (Wildman–Crippen LogP) is 2.11. The van der Waals surface area contributed by atoms with E-state index in [1.807, 2.05) is 16.8 Å². The van der Waals surface area contributed by atoms with E-state index >= 15 is 0 Å². The summed E-state index contributed by atoms with van der Waals surface area (Å²) in [5, 5.41) is 10.1.